The van der Waals surface area contributed by atoms with Gasteiger partial charge in [0.05, 0.1) is 52.1 Å². The Labute approximate surface area is 331 Å². The molecule has 16 heteroatoms. The van der Waals surface area contributed by atoms with Crippen LogP contribution < -0.4 is 29.9 Å². The molecule has 4 aromatic rings. The molecule has 57 heavy (non-hydrogen) atoms. The number of anilines is 4. The van der Waals surface area contributed by atoms with E-state index in [4.69, 9.17) is 4.74 Å². The van der Waals surface area contributed by atoms with E-state index in [0.29, 0.717) is 69.8 Å². The Hall–Kier alpha value is -6.13. The lowest BCUT2D eigenvalue weighted by Crippen LogP contribution is -2.54. The molecule has 0 aliphatic carbocycles. The zero-order valence-electron chi connectivity index (χ0n) is 31.6. The first-order valence-corrected chi connectivity index (χ1v) is 19.7. The van der Waals surface area contributed by atoms with Gasteiger partial charge in [-0.25, -0.2) is 0 Å². The summed E-state index contributed by atoms with van der Waals surface area (Å²) in [7, 11) is 3.11. The van der Waals surface area contributed by atoms with E-state index in [1.54, 1.807) is 67.7 Å². The summed E-state index contributed by atoms with van der Waals surface area (Å²) >= 11 is -2.76. The number of rotatable bonds is 15. The van der Waals surface area contributed by atoms with Gasteiger partial charge in [-0.05, 0) is 79.8 Å². The number of hydrogen-bond acceptors (Lipinski definition) is 10. The highest BCUT2D eigenvalue weighted by atomic mass is 32.2. The molecule has 3 aliphatic rings. The van der Waals surface area contributed by atoms with Gasteiger partial charge < -0.3 is 24.8 Å². The maximum atomic E-state index is 13.6. The SMILES string of the molecule is CCCC(CCNC(=O)CCc1cc2c3c(ccc(N(c4ccccc4OC)S(=O)[O-])c3c1)N(C)C2=O)Nc1cccc2c1C(=O)N([C@@H]1CCC(=O)NC1=O)C2=O. The molecule has 0 aromatic heterocycles. The molecule has 15 nitrogen and oxygen atoms in total. The molecule has 1 fully saturated rings. The van der Waals surface area contributed by atoms with Crippen molar-refractivity contribution in [2.75, 3.05) is 35.2 Å². The minimum Gasteiger partial charge on any atom is -0.755 e. The van der Waals surface area contributed by atoms with Crippen LogP contribution in [-0.2, 0) is 32.1 Å². The van der Waals surface area contributed by atoms with Crippen LogP contribution in [0.5, 0.6) is 5.75 Å². The third-order valence-electron chi connectivity index (χ3n) is 10.6. The minimum absolute atomic E-state index is 0.0246. The molecule has 0 radical (unpaired) electrons. The number of carbonyl (C=O) groups excluding carboxylic acids is 6. The van der Waals surface area contributed by atoms with Gasteiger partial charge in [-0.3, -0.25) is 47.5 Å². The molecule has 296 valence electrons. The molecule has 0 saturated carbocycles. The van der Waals surface area contributed by atoms with Gasteiger partial charge in [0.15, 0.2) is 0 Å². The number of fused-ring (bicyclic) bond motifs is 1. The van der Waals surface area contributed by atoms with Crippen LogP contribution in [0.15, 0.2) is 66.7 Å². The van der Waals surface area contributed by atoms with Crippen LogP contribution in [0.1, 0.15) is 82.1 Å². The zero-order valence-corrected chi connectivity index (χ0v) is 32.4. The molecule has 3 aliphatic heterocycles. The van der Waals surface area contributed by atoms with E-state index >= 15 is 0 Å². The fraction of sp³-hybridized carbons (Fsp3) is 0.317. The Bertz CT molecular complexity index is 2370. The number of aryl methyl sites for hydroxylation is 1. The van der Waals surface area contributed by atoms with E-state index in [1.165, 1.54) is 12.0 Å². The molecule has 2 unspecified atom stereocenters. The largest absolute Gasteiger partial charge is 0.755 e. The highest BCUT2D eigenvalue weighted by Crippen LogP contribution is 2.45. The second-order valence-corrected chi connectivity index (χ2v) is 15.0. The van der Waals surface area contributed by atoms with Crippen molar-refractivity contribution in [1.29, 1.82) is 0 Å². The predicted molar refractivity (Wildman–Crippen MR) is 212 cm³/mol. The molecule has 3 N–H and O–H groups in total. The van der Waals surface area contributed by atoms with Gasteiger partial charge in [-0.1, -0.05) is 31.5 Å². The summed E-state index contributed by atoms with van der Waals surface area (Å²) in [5.74, 6) is -2.43. The van der Waals surface area contributed by atoms with Crippen LogP contribution in [0.2, 0.25) is 0 Å². The smallest absolute Gasteiger partial charge is 0.264 e. The first-order valence-electron chi connectivity index (χ1n) is 18.7. The van der Waals surface area contributed by atoms with E-state index in [2.05, 4.69) is 16.0 Å². The lowest BCUT2D eigenvalue weighted by molar-refractivity contribution is -0.136. The maximum absolute atomic E-state index is 13.6. The zero-order chi connectivity index (χ0) is 40.5. The molecule has 7 rings (SSSR count). The number of nitrogens with zero attached hydrogens (tertiary/aromatic N) is 3. The number of carbonyl (C=O) groups is 6. The van der Waals surface area contributed by atoms with Gasteiger partial charge in [-0.2, -0.15) is 0 Å². The van der Waals surface area contributed by atoms with Crippen molar-refractivity contribution in [3.8, 4) is 5.75 Å². The normalized spacial score (nSPS) is 17.1. The quantitative estimate of drug-likeness (QED) is 0.114. The second kappa shape index (κ2) is 16.2. The summed E-state index contributed by atoms with van der Waals surface area (Å²) < 4.78 is 32.1. The number of imide groups is 2. The summed E-state index contributed by atoms with van der Waals surface area (Å²) in [5, 5.41) is 9.72. The van der Waals surface area contributed by atoms with Crippen LogP contribution in [0.4, 0.5) is 22.7 Å². The Kier molecular flexibility index (Phi) is 11.1. The Balaban J connectivity index is 1.04. The van der Waals surface area contributed by atoms with Crippen LogP contribution in [0, 0.1) is 0 Å². The highest BCUT2D eigenvalue weighted by Gasteiger charge is 2.45. The average Bonchev–Trinajstić information content (AvgIpc) is 3.59. The number of piperidine rings is 1. The van der Waals surface area contributed by atoms with Crippen LogP contribution in [0.25, 0.3) is 10.8 Å². The molecule has 1 saturated heterocycles. The predicted octanol–water partition coefficient (Wildman–Crippen LogP) is 4.49. The first-order chi connectivity index (χ1) is 27.4. The molecule has 3 atom stereocenters. The number of benzene rings is 4. The van der Waals surface area contributed by atoms with Crippen molar-refractivity contribution in [2.45, 2.75) is 64.0 Å². The van der Waals surface area contributed by atoms with Gasteiger partial charge in [0.25, 0.3) is 17.7 Å². The fourth-order valence-corrected chi connectivity index (χ4v) is 8.51. The van der Waals surface area contributed by atoms with E-state index in [1.807, 2.05) is 13.0 Å². The summed E-state index contributed by atoms with van der Waals surface area (Å²) in [4.78, 5) is 80.2. The van der Waals surface area contributed by atoms with Crippen LogP contribution >= 0.6 is 0 Å². The van der Waals surface area contributed by atoms with Gasteiger partial charge in [0.1, 0.15) is 11.8 Å². The summed E-state index contributed by atoms with van der Waals surface area (Å²) in [5.41, 5.74) is 3.17. The van der Waals surface area contributed by atoms with Gasteiger partial charge >= 0.3 is 0 Å². The topological polar surface area (TPSA) is 198 Å². The molecule has 3 heterocycles. The minimum atomic E-state index is -2.76. The third-order valence-corrected chi connectivity index (χ3v) is 11.3. The Morgan fingerprint density at radius 2 is 1.77 bits per heavy atom. The third kappa shape index (κ3) is 7.33. The summed E-state index contributed by atoms with van der Waals surface area (Å²) in [6.07, 6.45) is 2.45. The van der Waals surface area contributed by atoms with Crippen molar-refractivity contribution < 1.29 is 42.3 Å². The molecular formula is C41H41N6O9S-. The van der Waals surface area contributed by atoms with Gasteiger partial charge in [0.2, 0.25) is 17.7 Å². The number of para-hydroxylation sites is 2. The van der Waals surface area contributed by atoms with Crippen molar-refractivity contribution in [2.24, 2.45) is 0 Å². The number of ether oxygens (including phenoxy) is 1. The lowest BCUT2D eigenvalue weighted by Gasteiger charge is -2.29. The number of nitrogens with one attached hydrogen (secondary N) is 3. The van der Waals surface area contributed by atoms with Crippen molar-refractivity contribution in [3.05, 3.63) is 89.0 Å². The fourth-order valence-electron chi connectivity index (χ4n) is 7.88. The second-order valence-electron chi connectivity index (χ2n) is 14.2. The van der Waals surface area contributed by atoms with Gasteiger partial charge in [0, 0.05) is 48.9 Å². The van der Waals surface area contributed by atoms with Crippen molar-refractivity contribution in [3.63, 3.8) is 0 Å². The molecule has 0 bridgehead atoms. The van der Waals surface area contributed by atoms with Crippen LogP contribution in [0.3, 0.4) is 0 Å². The highest BCUT2D eigenvalue weighted by molar-refractivity contribution is 7.81. The van der Waals surface area contributed by atoms with E-state index in [-0.39, 0.29) is 54.7 Å². The Morgan fingerprint density at radius 1 is 0.982 bits per heavy atom. The standard InChI is InChI=1S/C41H42N6O9S/c1-4-8-24(43-28-10-7-9-25-37(28)41(53)46(40(25)52)32-16-18-35(49)44-38(32)50)19-20-42-34(48)17-13-23-21-26-29(14-15-31-36(26)27(22-23)39(51)45(31)2)47(57(54)55)30-11-5-6-12-33(30)56-3/h5-7,9-12,14-15,21-22,24,32,43H,4,8,13,16-20H2,1-3H3,(H,42,48)(H,54,55)(H,44,49,50)/p-1/t24?,32-/m1/s1. The average molecular weight is 794 g/mol. The molecular weight excluding hydrogens is 753 g/mol. The summed E-state index contributed by atoms with van der Waals surface area (Å²) in [6, 6.07) is 17.3. The first kappa shape index (κ1) is 39.1. The number of methoxy groups -OCH3 is 1. The van der Waals surface area contributed by atoms with Gasteiger partial charge in [-0.15, -0.1) is 0 Å². The number of hydrogen-bond donors (Lipinski definition) is 3. The van der Waals surface area contributed by atoms with Crippen molar-refractivity contribution >= 4 is 80.2 Å². The molecule has 0 spiro atoms. The van der Waals surface area contributed by atoms with E-state index < -0.39 is 40.9 Å². The lowest BCUT2D eigenvalue weighted by atomic mass is 9.97. The van der Waals surface area contributed by atoms with Crippen molar-refractivity contribution in [1.82, 2.24) is 15.5 Å². The monoisotopic (exact) mass is 793 g/mol. The van der Waals surface area contributed by atoms with E-state index in [0.717, 1.165) is 15.6 Å². The van der Waals surface area contributed by atoms with Crippen LogP contribution in [-0.4, -0.2) is 81.9 Å². The summed E-state index contributed by atoms with van der Waals surface area (Å²) in [6.45, 7) is 2.32. The van der Waals surface area contributed by atoms with E-state index in [9.17, 15) is 37.5 Å². The molecule has 6 amide bonds. The maximum Gasteiger partial charge on any atom is 0.264 e. The Morgan fingerprint density at radius 3 is 2.51 bits per heavy atom. The number of amides is 6. The molecule has 4 aromatic carbocycles.